The number of nitrogens with zero attached hydrogens (tertiary/aromatic N) is 2. The number of carbonyl (C=O) groups excluding carboxylic acids is 1. The number of benzene rings is 1. The van der Waals surface area contributed by atoms with Crippen molar-refractivity contribution in [3.63, 3.8) is 0 Å². The van der Waals surface area contributed by atoms with Crippen molar-refractivity contribution in [2.45, 2.75) is 6.61 Å². The van der Waals surface area contributed by atoms with Crippen LogP contribution < -0.4 is 9.47 Å². The van der Waals surface area contributed by atoms with Crippen LogP contribution in [0.4, 0.5) is 0 Å². The van der Waals surface area contributed by atoms with E-state index in [2.05, 4.69) is 30.8 Å². The minimum absolute atomic E-state index is 0.104. The molecule has 0 fully saturated rings. The zero-order valence-corrected chi connectivity index (χ0v) is 16.9. The van der Waals surface area contributed by atoms with Crippen LogP contribution in [0.15, 0.2) is 44.7 Å². The quantitative estimate of drug-likeness (QED) is 0.391. The molecule has 7 nitrogen and oxygen atoms in total. The number of aromatic nitrogens is 2. The summed E-state index contributed by atoms with van der Waals surface area (Å²) >= 11 is 4.91. The lowest BCUT2D eigenvalue weighted by Crippen LogP contribution is -1.98. The van der Waals surface area contributed by atoms with Gasteiger partial charge in [0.1, 0.15) is 0 Å². The standard InChI is InChI=1S/C18H15BrN2O5S/c1-23-14-7-11(4-6-17(22)24-2)3-5-13(14)25-9-16-20-18(21-26-16)15-8-12(19)10-27-15/h3-8,10H,9H2,1-2H3/b6-4+. The molecular formula is C18H15BrN2O5S. The molecule has 3 rings (SSSR count). The van der Waals surface area contributed by atoms with E-state index in [1.165, 1.54) is 31.6 Å². The third-order valence-corrected chi connectivity index (χ3v) is 5.09. The zero-order chi connectivity index (χ0) is 19.2. The van der Waals surface area contributed by atoms with Gasteiger partial charge in [-0.25, -0.2) is 4.79 Å². The summed E-state index contributed by atoms with van der Waals surface area (Å²) in [6.07, 6.45) is 2.96. The lowest BCUT2D eigenvalue weighted by atomic mass is 10.2. The molecule has 0 unspecified atom stereocenters. The average molecular weight is 451 g/mol. The summed E-state index contributed by atoms with van der Waals surface area (Å²) in [5.74, 6) is 1.47. The smallest absolute Gasteiger partial charge is 0.330 e. The van der Waals surface area contributed by atoms with Crippen LogP contribution in [0, 0.1) is 0 Å². The topological polar surface area (TPSA) is 83.7 Å². The molecule has 9 heteroatoms. The number of hydrogen-bond acceptors (Lipinski definition) is 8. The van der Waals surface area contributed by atoms with Gasteiger partial charge in [0.05, 0.1) is 19.1 Å². The van der Waals surface area contributed by atoms with E-state index in [0.717, 1.165) is 14.9 Å². The highest BCUT2D eigenvalue weighted by molar-refractivity contribution is 9.10. The second-order valence-corrected chi connectivity index (χ2v) is 7.02. The number of hydrogen-bond donors (Lipinski definition) is 0. The molecule has 2 aromatic heterocycles. The molecule has 0 aliphatic carbocycles. The van der Waals surface area contributed by atoms with E-state index >= 15 is 0 Å². The minimum atomic E-state index is -0.431. The third-order valence-electron chi connectivity index (χ3n) is 3.41. The van der Waals surface area contributed by atoms with Crippen LogP contribution >= 0.6 is 27.3 Å². The molecule has 0 radical (unpaired) electrons. The van der Waals surface area contributed by atoms with E-state index in [-0.39, 0.29) is 6.61 Å². The molecule has 0 N–H and O–H groups in total. The molecule has 0 saturated carbocycles. The Bertz CT molecular complexity index is 966. The predicted octanol–water partition coefficient (Wildman–Crippen LogP) is 4.33. The van der Waals surface area contributed by atoms with Crippen LogP contribution in [0.25, 0.3) is 16.8 Å². The summed E-state index contributed by atoms with van der Waals surface area (Å²) in [6, 6.07) is 7.20. The number of ether oxygens (including phenoxy) is 3. The maximum absolute atomic E-state index is 11.2. The number of methoxy groups -OCH3 is 2. The van der Waals surface area contributed by atoms with Gasteiger partial charge in [0.25, 0.3) is 5.89 Å². The first-order valence-corrected chi connectivity index (χ1v) is 9.40. The Morgan fingerprint density at radius 1 is 1.30 bits per heavy atom. The molecule has 1 aromatic carbocycles. The second kappa shape index (κ2) is 8.83. The van der Waals surface area contributed by atoms with Gasteiger partial charge in [0.15, 0.2) is 18.1 Å². The molecular weight excluding hydrogens is 436 g/mol. The van der Waals surface area contributed by atoms with Gasteiger partial charge in [0, 0.05) is 15.9 Å². The maximum atomic E-state index is 11.2. The highest BCUT2D eigenvalue weighted by Crippen LogP contribution is 2.30. The van der Waals surface area contributed by atoms with Crippen LogP contribution in [0.3, 0.4) is 0 Å². The molecule has 0 aliphatic heterocycles. The molecule has 0 atom stereocenters. The van der Waals surface area contributed by atoms with Gasteiger partial charge in [-0.2, -0.15) is 4.98 Å². The minimum Gasteiger partial charge on any atom is -0.493 e. The van der Waals surface area contributed by atoms with Gasteiger partial charge in [0.2, 0.25) is 5.82 Å². The Morgan fingerprint density at radius 3 is 2.85 bits per heavy atom. The van der Waals surface area contributed by atoms with Crippen LogP contribution in [-0.2, 0) is 16.1 Å². The summed E-state index contributed by atoms with van der Waals surface area (Å²) < 4.78 is 21.8. The van der Waals surface area contributed by atoms with Gasteiger partial charge in [-0.1, -0.05) is 11.2 Å². The monoisotopic (exact) mass is 450 g/mol. The van der Waals surface area contributed by atoms with E-state index < -0.39 is 5.97 Å². The van der Waals surface area contributed by atoms with Crippen molar-refractivity contribution in [3.8, 4) is 22.2 Å². The molecule has 3 aromatic rings. The van der Waals surface area contributed by atoms with Crippen LogP contribution in [0.2, 0.25) is 0 Å². The van der Waals surface area contributed by atoms with E-state index in [1.54, 1.807) is 24.3 Å². The molecule has 0 saturated heterocycles. The summed E-state index contributed by atoms with van der Waals surface area (Å²) in [4.78, 5) is 16.4. The Labute approximate surface area is 167 Å². The van der Waals surface area contributed by atoms with Crippen molar-refractivity contribution in [2.75, 3.05) is 14.2 Å². The third kappa shape index (κ3) is 4.95. The first kappa shape index (κ1) is 19.1. The molecule has 0 aliphatic rings. The first-order valence-electron chi connectivity index (χ1n) is 7.73. The van der Waals surface area contributed by atoms with Crippen molar-refractivity contribution in [3.05, 3.63) is 51.6 Å². The van der Waals surface area contributed by atoms with Crippen molar-refractivity contribution in [2.24, 2.45) is 0 Å². The molecule has 0 spiro atoms. The molecule has 0 amide bonds. The van der Waals surface area contributed by atoms with Gasteiger partial charge >= 0.3 is 5.97 Å². The van der Waals surface area contributed by atoms with E-state index in [9.17, 15) is 4.79 Å². The Kier molecular flexibility index (Phi) is 6.25. The summed E-state index contributed by atoms with van der Waals surface area (Å²) in [5, 5.41) is 5.90. The largest absolute Gasteiger partial charge is 0.493 e. The van der Waals surface area contributed by atoms with Gasteiger partial charge in [-0.3, -0.25) is 0 Å². The van der Waals surface area contributed by atoms with E-state index in [4.69, 9.17) is 14.0 Å². The number of halogens is 1. The van der Waals surface area contributed by atoms with Gasteiger partial charge in [-0.15, -0.1) is 11.3 Å². The van der Waals surface area contributed by atoms with Gasteiger partial charge < -0.3 is 18.7 Å². The average Bonchev–Trinajstić information content (AvgIpc) is 3.33. The number of thiophene rings is 1. The second-order valence-electron chi connectivity index (χ2n) is 5.20. The maximum Gasteiger partial charge on any atom is 0.330 e. The zero-order valence-electron chi connectivity index (χ0n) is 14.5. The number of esters is 1. The van der Waals surface area contributed by atoms with E-state index in [0.29, 0.717) is 23.2 Å². The van der Waals surface area contributed by atoms with Crippen molar-refractivity contribution < 1.29 is 23.5 Å². The fourth-order valence-electron chi connectivity index (χ4n) is 2.12. The van der Waals surface area contributed by atoms with Crippen LogP contribution in [0.1, 0.15) is 11.5 Å². The highest BCUT2D eigenvalue weighted by Gasteiger charge is 2.12. The van der Waals surface area contributed by atoms with Crippen molar-refractivity contribution in [1.82, 2.24) is 10.1 Å². The summed E-state index contributed by atoms with van der Waals surface area (Å²) in [6.45, 7) is 0.104. The lowest BCUT2D eigenvalue weighted by molar-refractivity contribution is -0.134. The van der Waals surface area contributed by atoms with Crippen LogP contribution in [-0.4, -0.2) is 30.3 Å². The SMILES string of the molecule is COC(=O)/C=C/c1ccc(OCc2nc(-c3cc(Br)cs3)no2)c(OC)c1. The van der Waals surface area contributed by atoms with Crippen LogP contribution in [0.5, 0.6) is 11.5 Å². The Balaban J connectivity index is 1.68. The Morgan fingerprint density at radius 2 is 2.15 bits per heavy atom. The Hall–Kier alpha value is -2.65. The molecule has 2 heterocycles. The first-order chi connectivity index (χ1) is 13.1. The summed E-state index contributed by atoms with van der Waals surface area (Å²) in [7, 11) is 2.86. The fourth-order valence-corrected chi connectivity index (χ4v) is 3.47. The van der Waals surface area contributed by atoms with E-state index in [1.807, 2.05) is 11.4 Å². The van der Waals surface area contributed by atoms with Crippen molar-refractivity contribution >= 4 is 39.3 Å². The normalized spacial score (nSPS) is 10.9. The fraction of sp³-hybridized carbons (Fsp3) is 0.167. The van der Waals surface area contributed by atoms with Gasteiger partial charge in [-0.05, 0) is 45.8 Å². The highest BCUT2D eigenvalue weighted by atomic mass is 79.9. The molecule has 140 valence electrons. The lowest BCUT2D eigenvalue weighted by Gasteiger charge is -2.09. The molecule has 0 bridgehead atoms. The summed E-state index contributed by atoms with van der Waals surface area (Å²) in [5.41, 5.74) is 0.771. The molecule has 27 heavy (non-hydrogen) atoms. The number of rotatable bonds is 7. The number of carbonyl (C=O) groups is 1. The predicted molar refractivity (Wildman–Crippen MR) is 104 cm³/mol. The van der Waals surface area contributed by atoms with Crippen molar-refractivity contribution in [1.29, 1.82) is 0 Å².